The first-order valence-corrected chi connectivity index (χ1v) is 7.87. The van der Waals surface area contributed by atoms with Gasteiger partial charge in [-0.3, -0.25) is 9.59 Å². The Morgan fingerprint density at radius 2 is 1.80 bits per heavy atom. The lowest BCUT2D eigenvalue weighted by Gasteiger charge is -2.07. The quantitative estimate of drug-likeness (QED) is 0.607. The lowest BCUT2D eigenvalue weighted by atomic mass is 10.1. The van der Waals surface area contributed by atoms with Gasteiger partial charge < -0.3 is 15.2 Å². The van der Waals surface area contributed by atoms with Gasteiger partial charge in [0.2, 0.25) is 5.91 Å². The van der Waals surface area contributed by atoms with Crippen molar-refractivity contribution in [3.8, 4) is 5.75 Å². The van der Waals surface area contributed by atoms with Gasteiger partial charge in [0.25, 0.3) is 0 Å². The molecule has 0 aliphatic carbocycles. The number of anilines is 1. The number of hydrogen-bond acceptors (Lipinski definition) is 5. The van der Waals surface area contributed by atoms with Crippen LogP contribution in [0.5, 0.6) is 5.75 Å². The molecule has 0 aliphatic rings. The number of benzene rings is 2. The van der Waals surface area contributed by atoms with Crippen molar-refractivity contribution in [2.45, 2.75) is 13.3 Å². The number of phenols is 1. The maximum absolute atomic E-state index is 12.1. The molecule has 2 rings (SSSR count). The molecule has 0 radical (unpaired) electrons. The third-order valence-electron chi connectivity index (χ3n) is 3.32. The predicted molar refractivity (Wildman–Crippen MR) is 93.1 cm³/mol. The highest BCUT2D eigenvalue weighted by molar-refractivity contribution is 6.31. The van der Waals surface area contributed by atoms with Crippen LogP contribution in [0.3, 0.4) is 0 Å². The van der Waals surface area contributed by atoms with Gasteiger partial charge in [-0.1, -0.05) is 18.5 Å². The van der Waals surface area contributed by atoms with E-state index in [0.717, 1.165) is 0 Å². The molecule has 7 heteroatoms. The van der Waals surface area contributed by atoms with E-state index >= 15 is 0 Å². The van der Waals surface area contributed by atoms with Gasteiger partial charge in [-0.25, -0.2) is 4.79 Å². The Kier molecular flexibility index (Phi) is 6.14. The fraction of sp³-hybridized carbons (Fsp3) is 0.167. The molecule has 2 N–H and O–H groups in total. The summed E-state index contributed by atoms with van der Waals surface area (Å²) in [6.07, 6.45) is 0.354. The Labute approximate surface area is 149 Å². The number of ketones is 1. The highest BCUT2D eigenvalue weighted by Gasteiger charge is 2.16. The summed E-state index contributed by atoms with van der Waals surface area (Å²) in [6.45, 7) is 1.25. The fourth-order valence-electron chi connectivity index (χ4n) is 1.95. The Balaban J connectivity index is 1.96. The molecule has 0 unspecified atom stereocenters. The molecule has 0 saturated heterocycles. The van der Waals surface area contributed by atoms with Crippen molar-refractivity contribution in [2.75, 3.05) is 11.9 Å². The Morgan fingerprint density at radius 1 is 1.12 bits per heavy atom. The highest BCUT2D eigenvalue weighted by Crippen LogP contribution is 2.22. The lowest BCUT2D eigenvalue weighted by Crippen LogP contribution is -2.15. The number of Topliss-reactive ketones (excluding diaryl/α,β-unsaturated/α-hetero) is 1. The second-order valence-corrected chi connectivity index (χ2v) is 5.58. The first-order valence-electron chi connectivity index (χ1n) is 7.49. The second-order valence-electron chi connectivity index (χ2n) is 5.14. The molecule has 0 bridgehead atoms. The molecule has 2 aromatic carbocycles. The first-order chi connectivity index (χ1) is 11.9. The Hall–Kier alpha value is -2.86. The van der Waals surface area contributed by atoms with Crippen LogP contribution in [0, 0.1) is 0 Å². The van der Waals surface area contributed by atoms with Crippen LogP contribution < -0.4 is 5.32 Å². The number of carbonyl (C=O) groups excluding carboxylic acids is 3. The van der Waals surface area contributed by atoms with Gasteiger partial charge in [0.15, 0.2) is 12.4 Å². The molecule has 0 saturated carbocycles. The van der Waals surface area contributed by atoms with E-state index in [4.69, 9.17) is 16.3 Å². The van der Waals surface area contributed by atoms with E-state index in [1.807, 2.05) is 0 Å². The third-order valence-corrected chi connectivity index (χ3v) is 3.56. The predicted octanol–water partition coefficient (Wildman–Crippen LogP) is 3.43. The zero-order chi connectivity index (χ0) is 18.4. The number of hydrogen-bond donors (Lipinski definition) is 2. The van der Waals surface area contributed by atoms with Crippen LogP contribution in [0.25, 0.3) is 0 Å². The number of carbonyl (C=O) groups is 3. The van der Waals surface area contributed by atoms with Gasteiger partial charge in [-0.05, 0) is 42.5 Å². The normalized spacial score (nSPS) is 10.2. The van der Waals surface area contributed by atoms with E-state index in [1.165, 1.54) is 30.3 Å². The van der Waals surface area contributed by atoms with Gasteiger partial charge in [-0.15, -0.1) is 0 Å². The van der Waals surface area contributed by atoms with Crippen LogP contribution in [0.4, 0.5) is 5.69 Å². The SMILES string of the molecule is CCC(=O)Nc1ccc(C(=O)COC(=O)c2cc(Cl)ccc2O)cc1. The molecule has 0 spiro atoms. The second kappa shape index (κ2) is 8.30. The highest BCUT2D eigenvalue weighted by atomic mass is 35.5. The van der Waals surface area contributed by atoms with Gasteiger partial charge >= 0.3 is 5.97 Å². The minimum atomic E-state index is -0.847. The topological polar surface area (TPSA) is 92.7 Å². The summed E-state index contributed by atoms with van der Waals surface area (Å²) in [7, 11) is 0. The minimum absolute atomic E-state index is 0.113. The Morgan fingerprint density at radius 3 is 2.44 bits per heavy atom. The average molecular weight is 362 g/mol. The van der Waals surface area contributed by atoms with Gasteiger partial charge in [-0.2, -0.15) is 0 Å². The largest absolute Gasteiger partial charge is 0.507 e. The number of esters is 1. The van der Waals surface area contributed by atoms with Crippen LogP contribution in [0.2, 0.25) is 5.02 Å². The summed E-state index contributed by atoms with van der Waals surface area (Å²) in [4.78, 5) is 35.3. The molecule has 130 valence electrons. The lowest BCUT2D eigenvalue weighted by molar-refractivity contribution is -0.115. The molecule has 0 aromatic heterocycles. The monoisotopic (exact) mass is 361 g/mol. The standard InChI is InChI=1S/C18H16ClNO5/c1-2-17(23)20-13-6-3-11(4-7-13)16(22)10-25-18(24)14-9-12(19)5-8-15(14)21/h3-9,21H,2,10H2,1H3,(H,20,23). The molecule has 6 nitrogen and oxygen atoms in total. The van der Waals surface area contributed by atoms with E-state index in [2.05, 4.69) is 5.32 Å². The molecule has 1 amide bonds. The average Bonchev–Trinajstić information content (AvgIpc) is 2.61. The molecule has 0 heterocycles. The number of halogens is 1. The van der Waals surface area contributed by atoms with E-state index in [0.29, 0.717) is 17.7 Å². The molecule has 25 heavy (non-hydrogen) atoms. The maximum Gasteiger partial charge on any atom is 0.342 e. The minimum Gasteiger partial charge on any atom is -0.507 e. The van der Waals surface area contributed by atoms with Crippen molar-refractivity contribution in [3.63, 3.8) is 0 Å². The van der Waals surface area contributed by atoms with Crippen molar-refractivity contribution in [2.24, 2.45) is 0 Å². The molecule has 0 atom stereocenters. The van der Waals surface area contributed by atoms with Crippen LogP contribution in [-0.4, -0.2) is 29.4 Å². The van der Waals surface area contributed by atoms with Crippen LogP contribution in [0.1, 0.15) is 34.1 Å². The van der Waals surface area contributed by atoms with Crippen molar-refractivity contribution in [3.05, 3.63) is 58.6 Å². The van der Waals surface area contributed by atoms with Crippen LogP contribution >= 0.6 is 11.6 Å². The van der Waals surface area contributed by atoms with Crippen molar-refractivity contribution < 1.29 is 24.2 Å². The van der Waals surface area contributed by atoms with E-state index in [1.54, 1.807) is 19.1 Å². The summed E-state index contributed by atoms with van der Waals surface area (Å²) in [5.74, 6) is -1.67. The molecule has 0 aliphatic heterocycles. The number of nitrogens with one attached hydrogen (secondary N) is 1. The molecular weight excluding hydrogens is 346 g/mol. The van der Waals surface area contributed by atoms with E-state index in [-0.39, 0.29) is 22.2 Å². The number of phenolic OH excluding ortho intramolecular Hbond substituents is 1. The summed E-state index contributed by atoms with van der Waals surface area (Å²) in [6, 6.07) is 10.2. The van der Waals surface area contributed by atoms with Gasteiger partial charge in [0.1, 0.15) is 11.3 Å². The van der Waals surface area contributed by atoms with Gasteiger partial charge in [0, 0.05) is 22.7 Å². The zero-order valence-corrected chi connectivity index (χ0v) is 14.2. The third kappa shape index (κ3) is 5.06. The molecule has 2 aromatic rings. The fourth-order valence-corrected chi connectivity index (χ4v) is 2.12. The summed E-state index contributed by atoms with van der Waals surface area (Å²) >= 11 is 5.76. The summed E-state index contributed by atoms with van der Waals surface area (Å²) < 4.78 is 4.92. The summed E-state index contributed by atoms with van der Waals surface area (Å²) in [5.41, 5.74) is 0.791. The number of ether oxygens (including phenoxy) is 1. The first kappa shape index (κ1) is 18.5. The van der Waals surface area contributed by atoms with Crippen molar-refractivity contribution in [1.82, 2.24) is 0 Å². The van der Waals surface area contributed by atoms with Crippen LogP contribution in [0.15, 0.2) is 42.5 Å². The summed E-state index contributed by atoms with van der Waals surface area (Å²) in [5, 5.41) is 12.6. The van der Waals surface area contributed by atoms with E-state index < -0.39 is 18.4 Å². The molecule has 0 fully saturated rings. The van der Waals surface area contributed by atoms with Gasteiger partial charge in [0.05, 0.1) is 0 Å². The maximum atomic E-state index is 12.1. The number of amides is 1. The van der Waals surface area contributed by atoms with Crippen molar-refractivity contribution >= 4 is 34.9 Å². The zero-order valence-electron chi connectivity index (χ0n) is 13.4. The van der Waals surface area contributed by atoms with Crippen LogP contribution in [-0.2, 0) is 9.53 Å². The smallest absolute Gasteiger partial charge is 0.342 e. The number of aromatic hydroxyl groups is 1. The Bertz CT molecular complexity index is 802. The van der Waals surface area contributed by atoms with Crippen molar-refractivity contribution in [1.29, 1.82) is 0 Å². The van der Waals surface area contributed by atoms with E-state index in [9.17, 15) is 19.5 Å². The number of rotatable bonds is 6. The molecular formula is C18H16ClNO5.